The van der Waals surface area contributed by atoms with Crippen LogP contribution in [0.2, 0.25) is 0 Å². The van der Waals surface area contributed by atoms with E-state index in [0.717, 1.165) is 4.99 Å². The smallest absolute Gasteiger partial charge is 0.267 e. The number of halogens is 1. The molecule has 76 valence electrons. The van der Waals surface area contributed by atoms with Gasteiger partial charge in [0.05, 0.1) is 26.2 Å². The summed E-state index contributed by atoms with van der Waals surface area (Å²) in [6.45, 7) is 4.36. The zero-order chi connectivity index (χ0) is 10.1. The van der Waals surface area contributed by atoms with Crippen molar-refractivity contribution in [2.75, 3.05) is 26.2 Å². The van der Waals surface area contributed by atoms with E-state index in [-0.39, 0.29) is 0 Å². The molecule has 7 heteroatoms. The van der Waals surface area contributed by atoms with E-state index in [1.165, 1.54) is 25.5 Å². The molecule has 0 amide bonds. The fourth-order valence-electron chi connectivity index (χ4n) is 1.22. The third-order valence-corrected chi connectivity index (χ3v) is 4.90. The SMILES string of the molecule is CC(=S)N1CCN(S(=O)(=O)I)CC1. The van der Waals surface area contributed by atoms with Crippen molar-refractivity contribution in [3.63, 3.8) is 0 Å². The first-order valence-corrected chi connectivity index (χ1v) is 8.25. The molecule has 0 aliphatic carbocycles. The van der Waals surface area contributed by atoms with Gasteiger partial charge in [-0.2, -0.15) is 4.31 Å². The number of nitrogens with zero attached hydrogens (tertiary/aromatic N) is 2. The van der Waals surface area contributed by atoms with E-state index in [1.807, 2.05) is 11.8 Å². The van der Waals surface area contributed by atoms with Crippen molar-refractivity contribution in [1.82, 2.24) is 9.21 Å². The van der Waals surface area contributed by atoms with Gasteiger partial charge in [0.1, 0.15) is 0 Å². The molecule has 4 nitrogen and oxygen atoms in total. The summed E-state index contributed by atoms with van der Waals surface area (Å²) < 4.78 is 23.7. The van der Waals surface area contributed by atoms with Gasteiger partial charge in [-0.1, -0.05) is 12.2 Å². The molecule has 0 atom stereocenters. The largest absolute Gasteiger partial charge is 0.364 e. The van der Waals surface area contributed by atoms with Crippen molar-refractivity contribution in [2.45, 2.75) is 6.92 Å². The second-order valence-electron chi connectivity index (χ2n) is 2.85. The second-order valence-corrected chi connectivity index (χ2v) is 8.12. The van der Waals surface area contributed by atoms with Crippen molar-refractivity contribution < 1.29 is 8.42 Å². The lowest BCUT2D eigenvalue weighted by molar-refractivity contribution is 0.272. The Morgan fingerprint density at radius 2 is 1.77 bits per heavy atom. The number of hydrogen-bond acceptors (Lipinski definition) is 3. The molecular formula is C6H11IN2O2S2. The summed E-state index contributed by atoms with van der Waals surface area (Å²) in [6.07, 6.45) is 0. The predicted molar refractivity (Wildman–Crippen MR) is 64.4 cm³/mol. The second kappa shape index (κ2) is 4.37. The highest BCUT2D eigenvalue weighted by Crippen LogP contribution is 2.13. The maximum atomic E-state index is 11.1. The number of piperazine rings is 1. The third kappa shape index (κ3) is 3.30. The fraction of sp³-hybridized carbons (Fsp3) is 0.833. The fourth-order valence-corrected chi connectivity index (χ4v) is 3.18. The first-order valence-electron chi connectivity index (χ1n) is 3.86. The van der Waals surface area contributed by atoms with Crippen LogP contribution in [0, 0.1) is 0 Å². The summed E-state index contributed by atoms with van der Waals surface area (Å²) in [6, 6.07) is 0. The molecule has 1 saturated heterocycles. The zero-order valence-electron chi connectivity index (χ0n) is 7.23. The van der Waals surface area contributed by atoms with Gasteiger partial charge < -0.3 is 4.90 Å². The first-order chi connectivity index (χ1) is 5.91. The van der Waals surface area contributed by atoms with Crippen LogP contribution in [0.5, 0.6) is 0 Å². The molecule has 0 radical (unpaired) electrons. The van der Waals surface area contributed by atoms with E-state index in [1.54, 1.807) is 0 Å². The van der Waals surface area contributed by atoms with E-state index < -0.39 is 7.19 Å². The summed E-state index contributed by atoms with van der Waals surface area (Å²) in [5.41, 5.74) is 0. The van der Waals surface area contributed by atoms with Gasteiger partial charge in [0.25, 0.3) is 7.19 Å². The lowest BCUT2D eigenvalue weighted by atomic mass is 10.4. The maximum Gasteiger partial charge on any atom is 0.267 e. The highest BCUT2D eigenvalue weighted by atomic mass is 127. The minimum absolute atomic E-state index is 0.541. The van der Waals surface area contributed by atoms with Crippen LogP contribution in [0.4, 0.5) is 0 Å². The average Bonchev–Trinajstić information content (AvgIpc) is 2.03. The van der Waals surface area contributed by atoms with Gasteiger partial charge in [-0.25, -0.2) is 8.42 Å². The standard InChI is InChI=1S/C6H11IN2O2S2/c1-6(12)8-2-4-9(5-3-8)13(7,10)11/h2-5H2,1H3. The summed E-state index contributed by atoms with van der Waals surface area (Å²) in [7, 11) is -3.04. The van der Waals surface area contributed by atoms with Crippen LogP contribution >= 0.6 is 33.4 Å². The Labute approximate surface area is 95.9 Å². The minimum Gasteiger partial charge on any atom is -0.364 e. The Balaban J connectivity index is 2.53. The van der Waals surface area contributed by atoms with E-state index in [9.17, 15) is 8.42 Å². The van der Waals surface area contributed by atoms with E-state index in [4.69, 9.17) is 12.2 Å². The molecule has 0 N–H and O–H groups in total. The van der Waals surface area contributed by atoms with Gasteiger partial charge in [-0.15, -0.1) is 0 Å². The Morgan fingerprint density at radius 3 is 2.08 bits per heavy atom. The first kappa shape index (κ1) is 11.6. The molecule has 0 bridgehead atoms. The van der Waals surface area contributed by atoms with Crippen LogP contribution in [0.15, 0.2) is 0 Å². The Morgan fingerprint density at radius 1 is 1.31 bits per heavy atom. The van der Waals surface area contributed by atoms with Gasteiger partial charge in [0.2, 0.25) is 0 Å². The Kier molecular flexibility index (Phi) is 3.90. The summed E-state index contributed by atoms with van der Waals surface area (Å²) >= 11 is 6.47. The quantitative estimate of drug-likeness (QED) is 0.401. The van der Waals surface area contributed by atoms with Crippen molar-refractivity contribution in [1.29, 1.82) is 0 Å². The summed E-state index contributed by atoms with van der Waals surface area (Å²) in [4.78, 5) is 2.86. The molecule has 0 unspecified atom stereocenters. The predicted octanol–water partition coefficient (Wildman–Crippen LogP) is 0.631. The van der Waals surface area contributed by atoms with Crippen molar-refractivity contribution in [3.05, 3.63) is 0 Å². The lowest BCUT2D eigenvalue weighted by Crippen LogP contribution is -2.48. The van der Waals surface area contributed by atoms with Gasteiger partial charge in [0, 0.05) is 26.2 Å². The molecule has 0 spiro atoms. The van der Waals surface area contributed by atoms with E-state index in [0.29, 0.717) is 26.2 Å². The van der Waals surface area contributed by atoms with Crippen LogP contribution in [-0.2, 0) is 7.19 Å². The molecular weight excluding hydrogens is 323 g/mol. The molecule has 1 heterocycles. The normalized spacial score (nSPS) is 20.3. The molecule has 1 fully saturated rings. The van der Waals surface area contributed by atoms with Gasteiger partial charge in [-0.3, -0.25) is 0 Å². The van der Waals surface area contributed by atoms with E-state index >= 15 is 0 Å². The molecule has 1 aliphatic rings. The molecule has 1 aliphatic heterocycles. The van der Waals surface area contributed by atoms with Crippen LogP contribution in [0.1, 0.15) is 6.92 Å². The van der Waals surface area contributed by atoms with E-state index in [2.05, 4.69) is 0 Å². The van der Waals surface area contributed by atoms with Crippen LogP contribution in [0.3, 0.4) is 0 Å². The van der Waals surface area contributed by atoms with Gasteiger partial charge in [-0.05, 0) is 6.92 Å². The van der Waals surface area contributed by atoms with Gasteiger partial charge in [0.15, 0.2) is 0 Å². The average molecular weight is 334 g/mol. The highest BCUT2D eigenvalue weighted by molar-refractivity contribution is 14.2. The zero-order valence-corrected chi connectivity index (χ0v) is 11.0. The van der Waals surface area contributed by atoms with Crippen LogP contribution < -0.4 is 0 Å². The topological polar surface area (TPSA) is 40.6 Å². The molecule has 1 rings (SSSR count). The van der Waals surface area contributed by atoms with Crippen molar-refractivity contribution >= 4 is 45.6 Å². The molecule has 0 aromatic carbocycles. The van der Waals surface area contributed by atoms with Crippen LogP contribution in [0.25, 0.3) is 0 Å². The lowest BCUT2D eigenvalue weighted by Gasteiger charge is -2.33. The highest BCUT2D eigenvalue weighted by Gasteiger charge is 2.24. The van der Waals surface area contributed by atoms with Crippen LogP contribution in [-0.4, -0.2) is 48.8 Å². The van der Waals surface area contributed by atoms with Crippen molar-refractivity contribution in [2.24, 2.45) is 0 Å². The Bertz CT molecular complexity index is 296. The molecule has 13 heavy (non-hydrogen) atoms. The third-order valence-electron chi connectivity index (χ3n) is 1.99. The Hall–Kier alpha value is 0.530. The number of thiocarbonyl (C=S) groups is 1. The van der Waals surface area contributed by atoms with Crippen molar-refractivity contribution in [3.8, 4) is 0 Å². The van der Waals surface area contributed by atoms with Gasteiger partial charge >= 0.3 is 0 Å². The summed E-state index contributed by atoms with van der Waals surface area (Å²) in [5, 5.41) is 0. The summed E-state index contributed by atoms with van der Waals surface area (Å²) in [5.74, 6) is 0. The maximum absolute atomic E-state index is 11.1. The number of hydrogen-bond donors (Lipinski definition) is 0. The molecule has 0 aromatic rings. The molecule has 0 aromatic heterocycles. The molecule has 0 saturated carbocycles. The number of rotatable bonds is 1. The minimum atomic E-state index is -3.04. The monoisotopic (exact) mass is 334 g/mol.